The number of aryl methyl sites for hydroxylation is 2. The molecular weight excluding hydrogens is 246 g/mol. The summed E-state index contributed by atoms with van der Waals surface area (Å²) in [5.74, 6) is 0.350. The molecule has 0 aliphatic rings. The molecule has 0 spiro atoms. The van der Waals surface area contributed by atoms with Crippen LogP contribution in [0.1, 0.15) is 29.5 Å². The minimum absolute atomic E-state index is 0.350. The second-order valence-corrected chi connectivity index (χ2v) is 5.25. The first-order chi connectivity index (χ1) is 8.70. The van der Waals surface area contributed by atoms with Crippen LogP contribution in [0.3, 0.4) is 0 Å². The van der Waals surface area contributed by atoms with Crippen molar-refractivity contribution in [3.05, 3.63) is 34.3 Å². The van der Waals surface area contributed by atoms with E-state index in [-0.39, 0.29) is 0 Å². The topological polar surface area (TPSA) is 58.0 Å². The van der Waals surface area contributed by atoms with Crippen molar-refractivity contribution in [1.82, 2.24) is 10.2 Å². The van der Waals surface area contributed by atoms with Crippen LogP contribution < -0.4 is 5.32 Å². The van der Waals surface area contributed by atoms with E-state index in [1.54, 1.807) is 11.3 Å². The fourth-order valence-corrected chi connectivity index (χ4v) is 2.51. The zero-order chi connectivity index (χ0) is 13.0. The highest BCUT2D eigenvalue weighted by Crippen LogP contribution is 2.23. The van der Waals surface area contributed by atoms with E-state index in [4.69, 9.17) is 0 Å². The molecule has 0 aliphatic heterocycles. The van der Waals surface area contributed by atoms with Gasteiger partial charge in [0.15, 0.2) is 0 Å². The molecular formula is C13H17N3OS. The molecule has 1 aromatic heterocycles. The SMILES string of the molecule is CCCc1nnc(NCc2cccc(C)c2O)s1. The number of anilines is 1. The van der Waals surface area contributed by atoms with Crippen LogP contribution in [0.25, 0.3) is 0 Å². The van der Waals surface area contributed by atoms with E-state index in [1.807, 2.05) is 25.1 Å². The van der Waals surface area contributed by atoms with Crippen molar-refractivity contribution in [3.8, 4) is 5.75 Å². The Balaban J connectivity index is 2.00. The van der Waals surface area contributed by atoms with Crippen molar-refractivity contribution in [2.75, 3.05) is 5.32 Å². The third-order valence-electron chi connectivity index (χ3n) is 2.68. The van der Waals surface area contributed by atoms with Crippen LogP contribution in [0.5, 0.6) is 5.75 Å². The molecule has 0 unspecified atom stereocenters. The predicted molar refractivity (Wildman–Crippen MR) is 74.1 cm³/mol. The van der Waals surface area contributed by atoms with Crippen LogP contribution >= 0.6 is 11.3 Å². The lowest BCUT2D eigenvalue weighted by Crippen LogP contribution is -1.99. The number of hydrogen-bond donors (Lipinski definition) is 2. The number of hydrogen-bond acceptors (Lipinski definition) is 5. The van der Waals surface area contributed by atoms with Gasteiger partial charge in [-0.1, -0.05) is 36.5 Å². The van der Waals surface area contributed by atoms with Crippen molar-refractivity contribution in [3.63, 3.8) is 0 Å². The van der Waals surface area contributed by atoms with Gasteiger partial charge in [-0.2, -0.15) is 0 Å². The van der Waals surface area contributed by atoms with Gasteiger partial charge >= 0.3 is 0 Å². The lowest BCUT2D eigenvalue weighted by atomic mass is 10.1. The summed E-state index contributed by atoms with van der Waals surface area (Å²) in [5.41, 5.74) is 1.76. The van der Waals surface area contributed by atoms with Gasteiger partial charge in [0.2, 0.25) is 5.13 Å². The zero-order valence-electron chi connectivity index (χ0n) is 10.6. The molecule has 2 N–H and O–H groups in total. The Morgan fingerprint density at radius 3 is 2.94 bits per heavy atom. The largest absolute Gasteiger partial charge is 0.507 e. The summed E-state index contributed by atoms with van der Waals surface area (Å²) < 4.78 is 0. The zero-order valence-corrected chi connectivity index (χ0v) is 11.4. The maximum Gasteiger partial charge on any atom is 0.205 e. The Labute approximate surface area is 111 Å². The summed E-state index contributed by atoms with van der Waals surface area (Å²) in [7, 11) is 0. The first-order valence-corrected chi connectivity index (χ1v) is 6.86. The van der Waals surface area contributed by atoms with Gasteiger partial charge in [-0.25, -0.2) is 0 Å². The lowest BCUT2D eigenvalue weighted by Gasteiger charge is -2.07. The number of phenolic OH excluding ortho intramolecular Hbond substituents is 1. The van der Waals surface area contributed by atoms with E-state index in [0.717, 1.165) is 34.1 Å². The Kier molecular flexibility index (Phi) is 4.15. The molecule has 18 heavy (non-hydrogen) atoms. The number of aromatic nitrogens is 2. The normalized spacial score (nSPS) is 10.6. The molecule has 2 rings (SSSR count). The van der Waals surface area contributed by atoms with Gasteiger partial charge in [0.25, 0.3) is 0 Å². The highest BCUT2D eigenvalue weighted by Gasteiger charge is 2.06. The number of nitrogens with zero attached hydrogens (tertiary/aromatic N) is 2. The molecule has 5 heteroatoms. The average Bonchev–Trinajstić information content (AvgIpc) is 2.79. The molecule has 0 amide bonds. The lowest BCUT2D eigenvalue weighted by molar-refractivity contribution is 0.465. The maximum atomic E-state index is 9.89. The van der Waals surface area contributed by atoms with Crippen molar-refractivity contribution in [1.29, 1.82) is 0 Å². The standard InChI is InChI=1S/C13H17N3OS/c1-3-5-11-15-16-13(18-11)14-8-10-7-4-6-9(2)12(10)17/h4,6-7,17H,3,5,8H2,1-2H3,(H,14,16). The summed E-state index contributed by atoms with van der Waals surface area (Å²) in [5, 5.41) is 23.1. The van der Waals surface area contributed by atoms with Gasteiger partial charge in [0.1, 0.15) is 10.8 Å². The smallest absolute Gasteiger partial charge is 0.205 e. The number of para-hydroxylation sites is 1. The first kappa shape index (κ1) is 12.8. The fraction of sp³-hybridized carbons (Fsp3) is 0.385. The van der Waals surface area contributed by atoms with E-state index >= 15 is 0 Å². The number of rotatable bonds is 5. The van der Waals surface area contributed by atoms with Crippen molar-refractivity contribution in [2.24, 2.45) is 0 Å². The van der Waals surface area contributed by atoms with Crippen molar-refractivity contribution in [2.45, 2.75) is 33.2 Å². The van der Waals surface area contributed by atoms with Crippen molar-refractivity contribution < 1.29 is 5.11 Å². The Hall–Kier alpha value is -1.62. The number of nitrogens with one attached hydrogen (secondary N) is 1. The number of phenols is 1. The molecule has 0 bridgehead atoms. The monoisotopic (exact) mass is 263 g/mol. The number of aromatic hydroxyl groups is 1. The summed E-state index contributed by atoms with van der Waals surface area (Å²) in [6, 6.07) is 5.74. The average molecular weight is 263 g/mol. The molecule has 0 saturated carbocycles. The van der Waals surface area contributed by atoms with Crippen LogP contribution in [-0.4, -0.2) is 15.3 Å². The van der Waals surface area contributed by atoms with Crippen LogP contribution in [0.4, 0.5) is 5.13 Å². The predicted octanol–water partition coefficient (Wildman–Crippen LogP) is 3.12. The third kappa shape index (κ3) is 2.98. The van der Waals surface area contributed by atoms with Gasteiger partial charge in [-0.15, -0.1) is 10.2 Å². The molecule has 0 saturated heterocycles. The van der Waals surface area contributed by atoms with Gasteiger partial charge < -0.3 is 10.4 Å². The minimum atomic E-state index is 0.350. The van der Waals surface area contributed by atoms with Crippen LogP contribution in [-0.2, 0) is 13.0 Å². The molecule has 96 valence electrons. The highest BCUT2D eigenvalue weighted by atomic mass is 32.1. The molecule has 0 fully saturated rings. The summed E-state index contributed by atoms with van der Waals surface area (Å²) >= 11 is 1.57. The molecule has 1 heterocycles. The van der Waals surface area contributed by atoms with Gasteiger partial charge in [0, 0.05) is 18.5 Å². The minimum Gasteiger partial charge on any atom is -0.507 e. The van der Waals surface area contributed by atoms with E-state index in [9.17, 15) is 5.11 Å². The quantitative estimate of drug-likeness (QED) is 0.870. The molecule has 0 radical (unpaired) electrons. The molecule has 0 aliphatic carbocycles. The second-order valence-electron chi connectivity index (χ2n) is 4.19. The second kappa shape index (κ2) is 5.82. The Bertz CT molecular complexity index is 525. The molecule has 4 nitrogen and oxygen atoms in total. The van der Waals surface area contributed by atoms with E-state index < -0.39 is 0 Å². The Morgan fingerprint density at radius 1 is 1.33 bits per heavy atom. The van der Waals surface area contributed by atoms with Crippen LogP contribution in [0, 0.1) is 6.92 Å². The van der Waals surface area contributed by atoms with E-state index in [0.29, 0.717) is 12.3 Å². The molecule has 1 aromatic carbocycles. The van der Waals surface area contributed by atoms with Crippen molar-refractivity contribution >= 4 is 16.5 Å². The summed E-state index contributed by atoms with van der Waals surface area (Å²) in [4.78, 5) is 0. The maximum absolute atomic E-state index is 9.89. The van der Waals surface area contributed by atoms with Gasteiger partial charge in [0.05, 0.1) is 0 Å². The first-order valence-electron chi connectivity index (χ1n) is 6.04. The summed E-state index contributed by atoms with van der Waals surface area (Å²) in [6.07, 6.45) is 2.04. The van der Waals surface area contributed by atoms with E-state index in [2.05, 4.69) is 22.4 Å². The third-order valence-corrected chi connectivity index (χ3v) is 3.62. The fourth-order valence-electron chi connectivity index (χ4n) is 1.67. The summed E-state index contributed by atoms with van der Waals surface area (Å²) in [6.45, 7) is 4.58. The number of benzene rings is 1. The molecule has 0 atom stereocenters. The van der Waals surface area contributed by atoms with E-state index in [1.165, 1.54) is 0 Å². The van der Waals surface area contributed by atoms with Gasteiger partial charge in [-0.3, -0.25) is 0 Å². The van der Waals surface area contributed by atoms with Gasteiger partial charge in [-0.05, 0) is 18.9 Å². The van der Waals surface area contributed by atoms with Crippen LogP contribution in [0.15, 0.2) is 18.2 Å². The highest BCUT2D eigenvalue weighted by molar-refractivity contribution is 7.15. The Morgan fingerprint density at radius 2 is 2.17 bits per heavy atom. The van der Waals surface area contributed by atoms with Crippen LogP contribution in [0.2, 0.25) is 0 Å². The molecule has 2 aromatic rings.